The molecule has 2 N–H and O–H groups in total. The maximum atomic E-state index is 13.7. The van der Waals surface area contributed by atoms with Gasteiger partial charge in [0, 0.05) is 14.9 Å². The number of benzene rings is 2. The first-order valence-corrected chi connectivity index (χ1v) is 14.3. The second-order valence-corrected chi connectivity index (χ2v) is 11.2. The van der Waals surface area contributed by atoms with E-state index in [4.69, 9.17) is 9.72 Å². The van der Waals surface area contributed by atoms with Crippen molar-refractivity contribution in [1.82, 2.24) is 15.0 Å². The number of thioether (sulfide) groups is 1. The molecule has 11 heteroatoms. The number of rotatable bonds is 8. The number of aromatic nitrogens is 2. The summed E-state index contributed by atoms with van der Waals surface area (Å²) < 4.78 is 7.90. The molecule has 0 atom stereocenters. The molecule has 0 aliphatic heterocycles. The van der Waals surface area contributed by atoms with E-state index in [2.05, 4.69) is 26.5 Å². The average Bonchev–Trinajstić information content (AvgIpc) is 3.47. The Hall–Kier alpha value is -3.15. The number of phenolic OH excluding ortho intramolecular Hbond substituents is 1. The topological polar surface area (TPSA) is 106 Å². The van der Waals surface area contributed by atoms with Gasteiger partial charge in [0.05, 0.1) is 29.6 Å². The van der Waals surface area contributed by atoms with Crippen LogP contribution in [0.15, 0.2) is 62.0 Å². The molecule has 0 saturated carbocycles. The number of fused-ring (bicyclic) bond motifs is 3. The van der Waals surface area contributed by atoms with Crippen LogP contribution in [0.1, 0.15) is 29.3 Å². The van der Waals surface area contributed by atoms with Gasteiger partial charge in [-0.25, -0.2) is 10.4 Å². The van der Waals surface area contributed by atoms with Crippen molar-refractivity contribution in [2.75, 3.05) is 12.4 Å². The minimum atomic E-state index is -0.364. The SMILES string of the molecule is CCOc1ccc(-n2c(SCC(=O)NN=Cc3cc(Br)ccc3O)nc3sc4c(c3c2=O)CCC4)cc1. The van der Waals surface area contributed by atoms with Gasteiger partial charge in [-0.1, -0.05) is 27.7 Å². The Balaban J connectivity index is 1.41. The van der Waals surface area contributed by atoms with Gasteiger partial charge in [0.25, 0.3) is 11.5 Å². The van der Waals surface area contributed by atoms with Crippen molar-refractivity contribution in [3.8, 4) is 17.2 Å². The first-order valence-electron chi connectivity index (χ1n) is 11.7. The Morgan fingerprint density at radius 1 is 1.30 bits per heavy atom. The van der Waals surface area contributed by atoms with Gasteiger partial charge in [-0.05, 0) is 74.2 Å². The number of aromatic hydroxyl groups is 1. The van der Waals surface area contributed by atoms with Gasteiger partial charge in [-0.2, -0.15) is 5.10 Å². The molecule has 1 aliphatic carbocycles. The van der Waals surface area contributed by atoms with Crippen molar-refractivity contribution >= 4 is 61.4 Å². The summed E-state index contributed by atoms with van der Waals surface area (Å²) in [5.41, 5.74) is 4.57. The molecule has 0 spiro atoms. The van der Waals surface area contributed by atoms with Crippen LogP contribution in [0.25, 0.3) is 15.9 Å². The van der Waals surface area contributed by atoms with E-state index in [9.17, 15) is 14.7 Å². The van der Waals surface area contributed by atoms with Gasteiger partial charge < -0.3 is 9.84 Å². The number of nitrogens with one attached hydrogen (secondary N) is 1. The molecule has 2 aromatic carbocycles. The van der Waals surface area contributed by atoms with E-state index in [-0.39, 0.29) is 23.0 Å². The number of nitrogens with zero attached hydrogens (tertiary/aromatic N) is 3. The van der Waals surface area contributed by atoms with Crippen molar-refractivity contribution in [1.29, 1.82) is 0 Å². The number of hydrogen-bond acceptors (Lipinski definition) is 8. The molecule has 8 nitrogen and oxygen atoms in total. The lowest BCUT2D eigenvalue weighted by molar-refractivity contribution is -0.118. The Labute approximate surface area is 229 Å². The molecule has 0 fully saturated rings. The van der Waals surface area contributed by atoms with Crippen molar-refractivity contribution in [2.24, 2.45) is 5.10 Å². The maximum Gasteiger partial charge on any atom is 0.267 e. The van der Waals surface area contributed by atoms with Crippen molar-refractivity contribution < 1.29 is 14.6 Å². The summed E-state index contributed by atoms with van der Waals surface area (Å²) in [6.07, 6.45) is 4.27. The van der Waals surface area contributed by atoms with E-state index in [1.165, 1.54) is 28.9 Å². The first-order chi connectivity index (χ1) is 17.9. The van der Waals surface area contributed by atoms with Gasteiger partial charge >= 0.3 is 0 Å². The minimum Gasteiger partial charge on any atom is -0.507 e. The molecule has 190 valence electrons. The molecule has 1 aliphatic rings. The Morgan fingerprint density at radius 2 is 2.11 bits per heavy atom. The number of carbonyl (C=O) groups excluding carboxylic acids is 1. The van der Waals surface area contributed by atoms with Gasteiger partial charge in [0.1, 0.15) is 16.3 Å². The molecular weight excluding hydrogens is 576 g/mol. The maximum absolute atomic E-state index is 13.7. The first kappa shape index (κ1) is 25.5. The highest BCUT2D eigenvalue weighted by atomic mass is 79.9. The molecule has 0 radical (unpaired) electrons. The molecule has 0 bridgehead atoms. The zero-order valence-corrected chi connectivity index (χ0v) is 23.1. The Bertz CT molecular complexity index is 1560. The fourth-order valence-electron chi connectivity index (χ4n) is 4.17. The molecule has 0 unspecified atom stereocenters. The molecule has 4 aromatic rings. The monoisotopic (exact) mass is 598 g/mol. The van der Waals surface area contributed by atoms with E-state index in [0.29, 0.717) is 39.0 Å². The third-order valence-electron chi connectivity index (χ3n) is 5.83. The van der Waals surface area contributed by atoms with Gasteiger partial charge in [0.15, 0.2) is 5.16 Å². The number of ether oxygens (including phenoxy) is 1. The van der Waals surface area contributed by atoms with E-state index in [1.54, 1.807) is 28.0 Å². The predicted octanol–water partition coefficient (Wildman–Crippen LogP) is 5.05. The number of hydrogen-bond donors (Lipinski definition) is 2. The average molecular weight is 600 g/mol. The molecular formula is C26H23BrN4O4S2. The fourth-order valence-corrected chi connectivity index (χ4v) is 6.66. The van der Waals surface area contributed by atoms with Crippen molar-refractivity contribution in [3.05, 3.63) is 73.3 Å². The van der Waals surface area contributed by atoms with Crippen LogP contribution in [-0.4, -0.2) is 39.1 Å². The summed E-state index contributed by atoms with van der Waals surface area (Å²) in [7, 11) is 0. The van der Waals surface area contributed by atoms with E-state index in [0.717, 1.165) is 29.3 Å². The summed E-state index contributed by atoms with van der Waals surface area (Å²) in [5.74, 6) is 0.405. The standard InChI is InChI=1S/C26H23BrN4O4S2/c1-2-35-18-9-7-17(8-10-18)31-25(34)23-19-4-3-5-21(19)37-24(23)29-26(31)36-14-22(33)30-28-13-15-12-16(27)6-11-20(15)32/h6-13,32H,2-5,14H2,1H3,(H,30,33). The van der Waals surface area contributed by atoms with Crippen LogP contribution in [0.3, 0.4) is 0 Å². The normalized spacial score (nSPS) is 12.8. The van der Waals surface area contributed by atoms with Crippen LogP contribution in [0.4, 0.5) is 0 Å². The van der Waals surface area contributed by atoms with Crippen LogP contribution in [0, 0.1) is 0 Å². The number of amides is 1. The van der Waals surface area contributed by atoms with Gasteiger partial charge in [-0.3, -0.25) is 14.2 Å². The highest BCUT2D eigenvalue weighted by molar-refractivity contribution is 9.10. The summed E-state index contributed by atoms with van der Waals surface area (Å²) in [5, 5.41) is 15.0. The van der Waals surface area contributed by atoms with Crippen molar-refractivity contribution in [3.63, 3.8) is 0 Å². The van der Waals surface area contributed by atoms with Crippen LogP contribution in [0.2, 0.25) is 0 Å². The lowest BCUT2D eigenvalue weighted by atomic mass is 10.2. The smallest absolute Gasteiger partial charge is 0.267 e. The Kier molecular flexibility index (Phi) is 7.63. The van der Waals surface area contributed by atoms with E-state index in [1.807, 2.05) is 31.2 Å². The fraction of sp³-hybridized carbons (Fsp3) is 0.231. The highest BCUT2D eigenvalue weighted by Crippen LogP contribution is 2.36. The number of carbonyl (C=O) groups is 1. The quantitative estimate of drug-likeness (QED) is 0.127. The van der Waals surface area contributed by atoms with Gasteiger partial charge in [0.2, 0.25) is 0 Å². The lowest BCUT2D eigenvalue weighted by Gasteiger charge is -2.13. The summed E-state index contributed by atoms with van der Waals surface area (Å²) in [6, 6.07) is 12.2. The predicted molar refractivity (Wildman–Crippen MR) is 151 cm³/mol. The summed E-state index contributed by atoms with van der Waals surface area (Å²) in [6.45, 7) is 2.46. The number of hydrazone groups is 1. The molecule has 2 aromatic heterocycles. The molecule has 2 heterocycles. The third-order valence-corrected chi connectivity index (χ3v) is 8.45. The highest BCUT2D eigenvalue weighted by Gasteiger charge is 2.24. The number of thiophene rings is 1. The second-order valence-electron chi connectivity index (χ2n) is 8.28. The van der Waals surface area contributed by atoms with Crippen LogP contribution < -0.4 is 15.7 Å². The summed E-state index contributed by atoms with van der Waals surface area (Å²) in [4.78, 5) is 33.0. The molecule has 1 amide bonds. The molecule has 5 rings (SSSR count). The minimum absolute atomic E-state index is 0.00186. The van der Waals surface area contributed by atoms with Crippen LogP contribution >= 0.6 is 39.0 Å². The van der Waals surface area contributed by atoms with E-state index < -0.39 is 0 Å². The number of aryl methyl sites for hydroxylation is 2. The summed E-state index contributed by atoms with van der Waals surface area (Å²) >= 11 is 6.08. The van der Waals surface area contributed by atoms with Crippen LogP contribution in [0.5, 0.6) is 11.5 Å². The van der Waals surface area contributed by atoms with Crippen molar-refractivity contribution in [2.45, 2.75) is 31.3 Å². The zero-order valence-electron chi connectivity index (χ0n) is 19.9. The van der Waals surface area contributed by atoms with Gasteiger partial charge in [-0.15, -0.1) is 11.3 Å². The second kappa shape index (κ2) is 11.1. The third kappa shape index (κ3) is 5.43. The molecule has 37 heavy (non-hydrogen) atoms. The lowest BCUT2D eigenvalue weighted by Crippen LogP contribution is -2.24. The Morgan fingerprint density at radius 3 is 2.89 bits per heavy atom. The van der Waals surface area contributed by atoms with Crippen LogP contribution in [-0.2, 0) is 17.6 Å². The number of phenols is 1. The zero-order chi connectivity index (χ0) is 25.9. The molecule has 0 saturated heterocycles. The van der Waals surface area contributed by atoms with E-state index >= 15 is 0 Å². The largest absolute Gasteiger partial charge is 0.507 e. The number of halogens is 1.